The Bertz CT molecular complexity index is 360. The molecule has 0 aromatic rings. The van der Waals surface area contributed by atoms with Gasteiger partial charge in [-0.05, 0) is 38.5 Å². The van der Waals surface area contributed by atoms with Crippen LogP contribution in [-0.4, -0.2) is 37.5 Å². The highest BCUT2D eigenvalue weighted by molar-refractivity contribution is 5.85. The van der Waals surface area contributed by atoms with E-state index >= 15 is 0 Å². The maximum Gasteiger partial charge on any atom is 0.242 e. The van der Waals surface area contributed by atoms with E-state index in [1.54, 1.807) is 0 Å². The van der Waals surface area contributed by atoms with Crippen molar-refractivity contribution in [2.24, 2.45) is 10.9 Å². The number of rotatable bonds is 8. The van der Waals surface area contributed by atoms with E-state index in [-0.39, 0.29) is 12.5 Å². The zero-order valence-electron chi connectivity index (χ0n) is 14.0. The molecule has 126 valence electrons. The third-order valence-corrected chi connectivity index (χ3v) is 4.47. The van der Waals surface area contributed by atoms with Gasteiger partial charge in [0, 0.05) is 19.1 Å². The van der Waals surface area contributed by atoms with E-state index in [1.807, 2.05) is 6.92 Å². The van der Waals surface area contributed by atoms with Crippen molar-refractivity contribution < 1.29 is 4.79 Å². The highest BCUT2D eigenvalue weighted by Gasteiger charge is 2.22. The third kappa shape index (κ3) is 7.14. The number of hydrogen-bond donors (Lipinski definition) is 3. The molecule has 0 unspecified atom stereocenters. The Morgan fingerprint density at radius 3 is 2.55 bits per heavy atom. The summed E-state index contributed by atoms with van der Waals surface area (Å²) in [5.41, 5.74) is 0. The number of nitrogens with zero attached hydrogens (tertiary/aromatic N) is 1. The monoisotopic (exact) mass is 308 g/mol. The van der Waals surface area contributed by atoms with Gasteiger partial charge in [-0.25, -0.2) is 4.99 Å². The van der Waals surface area contributed by atoms with Crippen molar-refractivity contribution in [3.63, 3.8) is 0 Å². The number of guanidine groups is 1. The van der Waals surface area contributed by atoms with Crippen molar-refractivity contribution in [3.05, 3.63) is 0 Å². The Labute approximate surface area is 134 Å². The van der Waals surface area contributed by atoms with E-state index in [4.69, 9.17) is 0 Å². The summed E-state index contributed by atoms with van der Waals surface area (Å²) in [4.78, 5) is 16.0. The van der Waals surface area contributed by atoms with Crippen LogP contribution in [-0.2, 0) is 4.79 Å². The van der Waals surface area contributed by atoms with Crippen LogP contribution in [0.4, 0.5) is 0 Å². The predicted octanol–water partition coefficient (Wildman–Crippen LogP) is 2.18. The first-order valence-corrected chi connectivity index (χ1v) is 9.09. The second-order valence-corrected chi connectivity index (χ2v) is 6.61. The molecular formula is C17H32N4O. The average Bonchev–Trinajstić information content (AvgIpc) is 3.34. The van der Waals surface area contributed by atoms with Crippen LogP contribution in [0.5, 0.6) is 0 Å². The average molecular weight is 308 g/mol. The van der Waals surface area contributed by atoms with E-state index in [9.17, 15) is 4.79 Å². The molecule has 2 rings (SSSR count). The summed E-state index contributed by atoms with van der Waals surface area (Å²) in [6, 6.07) is 0.411. The van der Waals surface area contributed by atoms with Gasteiger partial charge in [0.05, 0.1) is 0 Å². The maximum absolute atomic E-state index is 11.7. The topological polar surface area (TPSA) is 65.5 Å². The molecule has 0 saturated heterocycles. The molecule has 5 nitrogen and oxygen atoms in total. The van der Waals surface area contributed by atoms with Gasteiger partial charge in [0.1, 0.15) is 6.54 Å². The standard InChI is InChI=1S/C17H32N4O/c1-2-18-17(20-13-16(22)21-15-10-11-15)19-12-6-9-14-7-4-3-5-8-14/h14-15H,2-13H2,1H3,(H,21,22)(H2,18,19,20). The van der Waals surface area contributed by atoms with Crippen LogP contribution in [0.3, 0.4) is 0 Å². The van der Waals surface area contributed by atoms with Gasteiger partial charge < -0.3 is 16.0 Å². The Hall–Kier alpha value is -1.26. The first kappa shape index (κ1) is 17.1. The van der Waals surface area contributed by atoms with Crippen molar-refractivity contribution >= 4 is 11.9 Å². The quantitative estimate of drug-likeness (QED) is 0.366. The Balaban J connectivity index is 1.60. The molecule has 22 heavy (non-hydrogen) atoms. The molecule has 0 radical (unpaired) electrons. The molecule has 2 fully saturated rings. The van der Waals surface area contributed by atoms with Crippen LogP contribution in [0.15, 0.2) is 4.99 Å². The van der Waals surface area contributed by atoms with Crippen molar-refractivity contribution in [3.8, 4) is 0 Å². The number of amides is 1. The summed E-state index contributed by atoms with van der Waals surface area (Å²) in [7, 11) is 0. The second-order valence-electron chi connectivity index (χ2n) is 6.61. The lowest BCUT2D eigenvalue weighted by molar-refractivity contribution is -0.119. The number of nitrogens with one attached hydrogen (secondary N) is 3. The van der Waals surface area contributed by atoms with E-state index in [1.165, 1.54) is 44.9 Å². The van der Waals surface area contributed by atoms with E-state index < -0.39 is 0 Å². The van der Waals surface area contributed by atoms with Gasteiger partial charge in [-0.15, -0.1) is 0 Å². The van der Waals surface area contributed by atoms with Gasteiger partial charge in [-0.2, -0.15) is 0 Å². The van der Waals surface area contributed by atoms with Crippen LogP contribution in [0.25, 0.3) is 0 Å². The lowest BCUT2D eigenvalue weighted by Gasteiger charge is -2.21. The fraction of sp³-hybridized carbons (Fsp3) is 0.882. The van der Waals surface area contributed by atoms with Crippen LogP contribution in [0.1, 0.15) is 64.7 Å². The molecule has 0 bridgehead atoms. The molecule has 0 aliphatic heterocycles. The first-order valence-electron chi connectivity index (χ1n) is 9.09. The van der Waals surface area contributed by atoms with E-state index in [0.29, 0.717) is 6.04 Å². The van der Waals surface area contributed by atoms with Crippen molar-refractivity contribution in [2.75, 3.05) is 19.6 Å². The lowest BCUT2D eigenvalue weighted by atomic mass is 9.86. The van der Waals surface area contributed by atoms with E-state index in [2.05, 4.69) is 20.9 Å². The Kier molecular flexibility index (Phi) is 7.54. The minimum Gasteiger partial charge on any atom is -0.357 e. The second kappa shape index (κ2) is 9.70. The molecule has 0 aromatic carbocycles. The smallest absolute Gasteiger partial charge is 0.242 e. The molecule has 0 aromatic heterocycles. The summed E-state index contributed by atoms with van der Waals surface area (Å²) in [5.74, 6) is 1.72. The van der Waals surface area contributed by atoms with Gasteiger partial charge in [0.15, 0.2) is 5.96 Å². The van der Waals surface area contributed by atoms with Crippen LogP contribution in [0, 0.1) is 5.92 Å². The van der Waals surface area contributed by atoms with E-state index in [0.717, 1.165) is 37.8 Å². The molecule has 1 amide bonds. The number of carbonyl (C=O) groups is 1. The summed E-state index contributed by atoms with van der Waals surface area (Å²) in [6.07, 6.45) is 11.8. The fourth-order valence-corrected chi connectivity index (χ4v) is 3.07. The number of aliphatic imine (C=N–C) groups is 1. The van der Waals surface area contributed by atoms with Crippen molar-refractivity contribution in [1.29, 1.82) is 0 Å². The summed E-state index contributed by atoms with van der Waals surface area (Å²) >= 11 is 0. The Morgan fingerprint density at radius 2 is 1.86 bits per heavy atom. The summed E-state index contributed by atoms with van der Waals surface area (Å²) in [5, 5.41) is 9.51. The summed E-state index contributed by atoms with van der Waals surface area (Å²) < 4.78 is 0. The predicted molar refractivity (Wildman–Crippen MR) is 91.0 cm³/mol. The number of carbonyl (C=O) groups excluding carboxylic acids is 1. The van der Waals surface area contributed by atoms with Crippen LogP contribution < -0.4 is 16.0 Å². The molecule has 5 heteroatoms. The maximum atomic E-state index is 11.7. The summed E-state index contributed by atoms with van der Waals surface area (Å²) in [6.45, 7) is 4.02. The van der Waals surface area contributed by atoms with Gasteiger partial charge in [-0.3, -0.25) is 4.79 Å². The Morgan fingerprint density at radius 1 is 1.09 bits per heavy atom. The zero-order chi connectivity index (χ0) is 15.6. The van der Waals surface area contributed by atoms with Gasteiger partial charge in [0.2, 0.25) is 5.91 Å². The SMILES string of the molecule is CCNC(=NCC(=O)NC1CC1)NCCCC1CCCCC1. The largest absolute Gasteiger partial charge is 0.357 e. The normalized spacial score (nSPS) is 19.8. The van der Waals surface area contributed by atoms with Crippen LogP contribution in [0.2, 0.25) is 0 Å². The first-order chi connectivity index (χ1) is 10.8. The lowest BCUT2D eigenvalue weighted by Crippen LogP contribution is -2.39. The third-order valence-electron chi connectivity index (χ3n) is 4.47. The molecule has 2 aliphatic rings. The molecule has 2 saturated carbocycles. The molecule has 0 atom stereocenters. The minimum absolute atomic E-state index is 0.0295. The molecule has 3 N–H and O–H groups in total. The van der Waals surface area contributed by atoms with Crippen LogP contribution >= 0.6 is 0 Å². The number of hydrogen-bond acceptors (Lipinski definition) is 2. The molecule has 2 aliphatic carbocycles. The minimum atomic E-state index is 0.0295. The van der Waals surface area contributed by atoms with Gasteiger partial charge in [0.25, 0.3) is 0 Å². The molecular weight excluding hydrogens is 276 g/mol. The highest BCUT2D eigenvalue weighted by Crippen LogP contribution is 2.26. The molecule has 0 heterocycles. The van der Waals surface area contributed by atoms with Gasteiger partial charge >= 0.3 is 0 Å². The highest BCUT2D eigenvalue weighted by atomic mass is 16.2. The van der Waals surface area contributed by atoms with Crippen molar-refractivity contribution in [1.82, 2.24) is 16.0 Å². The fourth-order valence-electron chi connectivity index (χ4n) is 3.07. The molecule has 0 spiro atoms. The zero-order valence-corrected chi connectivity index (χ0v) is 14.0. The van der Waals surface area contributed by atoms with Gasteiger partial charge in [-0.1, -0.05) is 32.1 Å². The van der Waals surface area contributed by atoms with Crippen molar-refractivity contribution in [2.45, 2.75) is 70.8 Å².